The fourth-order valence-electron chi connectivity index (χ4n) is 2.36. The van der Waals surface area contributed by atoms with E-state index < -0.39 is 0 Å². The number of nitrogens with one attached hydrogen (secondary N) is 1. The average Bonchev–Trinajstić information content (AvgIpc) is 2.46. The molecule has 3 nitrogen and oxygen atoms in total. The molecule has 0 aliphatic carbocycles. The molecular weight excluding hydrogens is 260 g/mol. The molecule has 0 aliphatic rings. The Morgan fingerprint density at radius 2 is 1.81 bits per heavy atom. The highest BCUT2D eigenvalue weighted by molar-refractivity contribution is 5.24. The number of pyridine rings is 1. The van der Waals surface area contributed by atoms with Gasteiger partial charge in [0.05, 0.1) is 6.04 Å². The zero-order valence-corrected chi connectivity index (χ0v) is 13.1. The molecule has 2 rings (SSSR count). The average molecular weight is 284 g/mol. The van der Waals surface area contributed by atoms with E-state index in [0.717, 1.165) is 18.5 Å². The van der Waals surface area contributed by atoms with Gasteiger partial charge in [-0.3, -0.25) is 4.79 Å². The molecule has 1 aromatic heterocycles. The van der Waals surface area contributed by atoms with E-state index in [1.54, 1.807) is 10.6 Å². The fraction of sp³-hybridized carbons (Fsp3) is 0.389. The van der Waals surface area contributed by atoms with E-state index in [9.17, 15) is 4.79 Å². The molecule has 0 fully saturated rings. The van der Waals surface area contributed by atoms with Gasteiger partial charge < -0.3 is 9.88 Å². The Bertz CT molecular complexity index is 628. The molecule has 21 heavy (non-hydrogen) atoms. The van der Waals surface area contributed by atoms with Crippen LogP contribution in [0.25, 0.3) is 0 Å². The molecule has 1 unspecified atom stereocenters. The number of aryl methyl sites for hydroxylation is 2. The van der Waals surface area contributed by atoms with Gasteiger partial charge in [-0.05, 0) is 44.0 Å². The van der Waals surface area contributed by atoms with E-state index in [0.29, 0.717) is 6.54 Å². The summed E-state index contributed by atoms with van der Waals surface area (Å²) in [6, 6.07) is 12.3. The predicted molar refractivity (Wildman–Crippen MR) is 87.7 cm³/mol. The van der Waals surface area contributed by atoms with Crippen molar-refractivity contribution in [1.29, 1.82) is 0 Å². The molecule has 1 atom stereocenters. The first kappa shape index (κ1) is 15.5. The summed E-state index contributed by atoms with van der Waals surface area (Å²) in [6.07, 6.45) is 2.96. The molecule has 0 saturated carbocycles. The van der Waals surface area contributed by atoms with E-state index in [4.69, 9.17) is 0 Å². The van der Waals surface area contributed by atoms with Crippen molar-refractivity contribution in [3.05, 3.63) is 69.6 Å². The molecule has 0 amide bonds. The number of benzene rings is 1. The highest BCUT2D eigenvalue weighted by atomic mass is 16.1. The molecule has 0 bridgehead atoms. The van der Waals surface area contributed by atoms with Crippen LogP contribution in [0.15, 0.2) is 47.4 Å². The minimum Gasteiger partial charge on any atom is -0.314 e. The van der Waals surface area contributed by atoms with E-state index in [1.807, 2.05) is 19.2 Å². The first-order valence-corrected chi connectivity index (χ1v) is 7.57. The van der Waals surface area contributed by atoms with Crippen molar-refractivity contribution in [2.75, 3.05) is 6.54 Å². The van der Waals surface area contributed by atoms with Crippen molar-refractivity contribution in [2.45, 2.75) is 39.8 Å². The fourth-order valence-corrected chi connectivity index (χ4v) is 2.36. The van der Waals surface area contributed by atoms with Crippen molar-refractivity contribution in [2.24, 2.45) is 0 Å². The number of hydrogen-bond donors (Lipinski definition) is 1. The van der Waals surface area contributed by atoms with Crippen LogP contribution in [0.1, 0.15) is 36.1 Å². The van der Waals surface area contributed by atoms with Crippen molar-refractivity contribution >= 4 is 0 Å². The number of hydrogen-bond acceptors (Lipinski definition) is 2. The van der Waals surface area contributed by atoms with Crippen LogP contribution < -0.4 is 10.9 Å². The lowest BCUT2D eigenvalue weighted by Crippen LogP contribution is -2.30. The Balaban J connectivity index is 2.23. The standard InChI is InChI=1S/C18H24N2O/c1-4-10-19-17(16-7-5-14(2)6-8-16)13-20-11-9-15(3)12-18(20)21/h5-9,11-12,17,19H,4,10,13H2,1-3H3. The number of aromatic nitrogens is 1. The topological polar surface area (TPSA) is 34.0 Å². The highest BCUT2D eigenvalue weighted by Gasteiger charge is 2.12. The summed E-state index contributed by atoms with van der Waals surface area (Å²) in [7, 11) is 0. The molecule has 1 heterocycles. The first-order valence-electron chi connectivity index (χ1n) is 7.57. The molecule has 1 N–H and O–H groups in total. The van der Waals surface area contributed by atoms with Crippen molar-refractivity contribution in [1.82, 2.24) is 9.88 Å². The van der Waals surface area contributed by atoms with E-state index in [1.165, 1.54) is 11.1 Å². The van der Waals surface area contributed by atoms with Crippen LogP contribution >= 0.6 is 0 Å². The van der Waals surface area contributed by atoms with Crippen LogP contribution in [0, 0.1) is 13.8 Å². The maximum Gasteiger partial charge on any atom is 0.250 e. The number of rotatable bonds is 6. The van der Waals surface area contributed by atoms with Gasteiger partial charge in [-0.25, -0.2) is 0 Å². The summed E-state index contributed by atoms with van der Waals surface area (Å²) in [4.78, 5) is 12.1. The molecule has 3 heteroatoms. The van der Waals surface area contributed by atoms with Crippen LogP contribution in [0.5, 0.6) is 0 Å². The van der Waals surface area contributed by atoms with E-state index in [2.05, 4.69) is 43.4 Å². The van der Waals surface area contributed by atoms with Crippen molar-refractivity contribution in [3.8, 4) is 0 Å². The van der Waals surface area contributed by atoms with Gasteiger partial charge in [-0.2, -0.15) is 0 Å². The van der Waals surface area contributed by atoms with Gasteiger partial charge in [-0.15, -0.1) is 0 Å². The van der Waals surface area contributed by atoms with Crippen molar-refractivity contribution < 1.29 is 0 Å². The highest BCUT2D eigenvalue weighted by Crippen LogP contribution is 2.15. The summed E-state index contributed by atoms with van der Waals surface area (Å²) >= 11 is 0. The zero-order valence-electron chi connectivity index (χ0n) is 13.1. The second-order valence-electron chi connectivity index (χ2n) is 5.61. The van der Waals surface area contributed by atoms with E-state index in [-0.39, 0.29) is 11.6 Å². The van der Waals surface area contributed by atoms with Crippen LogP contribution in [0.4, 0.5) is 0 Å². The van der Waals surface area contributed by atoms with Crippen LogP contribution in [0.2, 0.25) is 0 Å². The second kappa shape index (κ2) is 7.23. The largest absolute Gasteiger partial charge is 0.314 e. The lowest BCUT2D eigenvalue weighted by Gasteiger charge is -2.20. The maximum absolute atomic E-state index is 12.1. The third-order valence-electron chi connectivity index (χ3n) is 3.65. The second-order valence-corrected chi connectivity index (χ2v) is 5.61. The van der Waals surface area contributed by atoms with Crippen LogP contribution in [-0.4, -0.2) is 11.1 Å². The predicted octanol–water partition coefficient (Wildman–Crippen LogP) is 3.21. The third-order valence-corrected chi connectivity index (χ3v) is 3.65. The Kier molecular flexibility index (Phi) is 5.34. The summed E-state index contributed by atoms with van der Waals surface area (Å²) in [5.74, 6) is 0. The summed E-state index contributed by atoms with van der Waals surface area (Å²) < 4.78 is 1.78. The first-order chi connectivity index (χ1) is 10.1. The Hall–Kier alpha value is -1.87. The van der Waals surface area contributed by atoms with Gasteiger partial charge in [0.2, 0.25) is 0 Å². The molecular formula is C18H24N2O. The SMILES string of the molecule is CCCNC(Cn1ccc(C)cc1=O)c1ccc(C)cc1. The van der Waals surface area contributed by atoms with Gasteiger partial charge in [0.25, 0.3) is 5.56 Å². The van der Waals surface area contributed by atoms with Gasteiger partial charge in [-0.1, -0.05) is 36.8 Å². The lowest BCUT2D eigenvalue weighted by atomic mass is 10.0. The monoisotopic (exact) mass is 284 g/mol. The Labute approximate surface area is 126 Å². The maximum atomic E-state index is 12.1. The molecule has 0 radical (unpaired) electrons. The van der Waals surface area contributed by atoms with Crippen LogP contribution in [-0.2, 0) is 6.54 Å². The minimum absolute atomic E-state index is 0.0606. The Morgan fingerprint density at radius 3 is 2.43 bits per heavy atom. The molecule has 2 aromatic rings. The number of nitrogens with zero attached hydrogens (tertiary/aromatic N) is 1. The van der Waals surface area contributed by atoms with Crippen LogP contribution in [0.3, 0.4) is 0 Å². The van der Waals surface area contributed by atoms with E-state index >= 15 is 0 Å². The quantitative estimate of drug-likeness (QED) is 0.884. The molecule has 1 aromatic carbocycles. The third kappa shape index (κ3) is 4.30. The summed E-state index contributed by atoms with van der Waals surface area (Å²) in [6.45, 7) is 7.78. The van der Waals surface area contributed by atoms with Gasteiger partial charge in [0.1, 0.15) is 0 Å². The summed E-state index contributed by atoms with van der Waals surface area (Å²) in [5, 5.41) is 3.54. The summed E-state index contributed by atoms with van der Waals surface area (Å²) in [5.41, 5.74) is 3.54. The van der Waals surface area contributed by atoms with Gasteiger partial charge in [0.15, 0.2) is 0 Å². The molecule has 0 aliphatic heterocycles. The van der Waals surface area contributed by atoms with Gasteiger partial charge in [0, 0.05) is 18.8 Å². The van der Waals surface area contributed by atoms with Crippen molar-refractivity contribution in [3.63, 3.8) is 0 Å². The smallest absolute Gasteiger partial charge is 0.250 e. The normalized spacial score (nSPS) is 12.3. The molecule has 0 saturated heterocycles. The molecule has 112 valence electrons. The van der Waals surface area contributed by atoms with Gasteiger partial charge >= 0.3 is 0 Å². The minimum atomic E-state index is 0.0606. The lowest BCUT2D eigenvalue weighted by molar-refractivity contribution is 0.456. The molecule has 0 spiro atoms. The zero-order chi connectivity index (χ0) is 15.2. The Morgan fingerprint density at radius 1 is 1.10 bits per heavy atom.